The molecule has 1 aliphatic heterocycles. The number of aromatic amines is 1. The van der Waals surface area contributed by atoms with Crippen LogP contribution in [0.5, 0.6) is 0 Å². The first kappa shape index (κ1) is 14.9. The number of fused-ring (bicyclic) bond motifs is 2. The van der Waals surface area contributed by atoms with E-state index in [2.05, 4.69) is 27.4 Å². The number of hydrogen-bond acceptors (Lipinski definition) is 4. The van der Waals surface area contributed by atoms with Gasteiger partial charge in [0.25, 0.3) is 0 Å². The molecule has 3 heterocycles. The molecule has 2 aromatic heterocycles. The topological polar surface area (TPSA) is 66.0 Å². The normalized spacial score (nSPS) is 12.3. The third kappa shape index (κ3) is 2.29. The molecule has 0 atom stereocenters. The zero-order valence-electron chi connectivity index (χ0n) is 13.4. The van der Waals surface area contributed by atoms with Crippen LogP contribution in [0.15, 0.2) is 35.5 Å². The Morgan fingerprint density at radius 2 is 2.00 bits per heavy atom. The molecule has 24 heavy (non-hydrogen) atoms. The van der Waals surface area contributed by atoms with Gasteiger partial charge < -0.3 is 5.32 Å². The highest BCUT2D eigenvalue weighted by Crippen LogP contribution is 2.28. The van der Waals surface area contributed by atoms with Crippen molar-refractivity contribution in [3.63, 3.8) is 0 Å². The second-order valence-corrected chi connectivity index (χ2v) is 6.07. The largest absolute Gasteiger partial charge is 0.343 e. The molecular weight excluding hydrogens is 322 g/mol. The molecule has 120 valence electrons. The Hall–Kier alpha value is -2.66. The number of benzene rings is 1. The Labute approximate surface area is 144 Å². The van der Waals surface area contributed by atoms with E-state index in [1.807, 2.05) is 43.6 Å². The molecule has 0 saturated carbocycles. The highest BCUT2D eigenvalue weighted by Gasteiger charge is 2.15. The average Bonchev–Trinajstić information content (AvgIpc) is 2.82. The van der Waals surface area contributed by atoms with Crippen LogP contribution in [-0.2, 0) is 6.42 Å². The van der Waals surface area contributed by atoms with Crippen molar-refractivity contribution in [1.82, 2.24) is 15.2 Å². The van der Waals surface area contributed by atoms with Gasteiger partial charge in [-0.15, -0.1) is 0 Å². The number of halogens is 1. The number of aryl methyl sites for hydroxylation is 2. The maximum atomic E-state index is 6.41. The van der Waals surface area contributed by atoms with Crippen LogP contribution < -0.4 is 15.9 Å². The fourth-order valence-electron chi connectivity index (χ4n) is 2.90. The van der Waals surface area contributed by atoms with Gasteiger partial charge in [-0.1, -0.05) is 36.7 Å². The molecule has 1 aromatic carbocycles. The SMILES string of the molecule is CCc1ncc(-c2ccccc2Cl)c2c1=CNc1n[nH]c(C)c1N=2. The number of aromatic nitrogens is 3. The van der Waals surface area contributed by atoms with Gasteiger partial charge in [0.2, 0.25) is 0 Å². The van der Waals surface area contributed by atoms with Crippen LogP contribution in [0.25, 0.3) is 17.3 Å². The van der Waals surface area contributed by atoms with Crippen LogP contribution in [0.3, 0.4) is 0 Å². The highest BCUT2D eigenvalue weighted by atomic mass is 35.5. The summed E-state index contributed by atoms with van der Waals surface area (Å²) in [6.07, 6.45) is 4.61. The lowest BCUT2D eigenvalue weighted by Crippen LogP contribution is -2.32. The van der Waals surface area contributed by atoms with Crippen LogP contribution in [0, 0.1) is 6.92 Å². The summed E-state index contributed by atoms with van der Waals surface area (Å²) >= 11 is 6.41. The first-order valence-corrected chi connectivity index (χ1v) is 8.20. The second-order valence-electron chi connectivity index (χ2n) is 5.66. The Balaban J connectivity index is 2.12. The lowest BCUT2D eigenvalue weighted by Gasteiger charge is -2.07. The molecule has 6 heteroatoms. The van der Waals surface area contributed by atoms with E-state index in [9.17, 15) is 0 Å². The van der Waals surface area contributed by atoms with Gasteiger partial charge in [0, 0.05) is 33.8 Å². The third-order valence-electron chi connectivity index (χ3n) is 4.16. The van der Waals surface area contributed by atoms with Gasteiger partial charge >= 0.3 is 0 Å². The van der Waals surface area contributed by atoms with Crippen molar-refractivity contribution >= 4 is 29.3 Å². The maximum absolute atomic E-state index is 6.41. The minimum Gasteiger partial charge on any atom is -0.343 e. The van der Waals surface area contributed by atoms with Gasteiger partial charge in [0.05, 0.1) is 16.7 Å². The lowest BCUT2D eigenvalue weighted by atomic mass is 10.0. The molecule has 0 bridgehead atoms. The fraction of sp³-hybridized carbons (Fsp3) is 0.167. The van der Waals surface area contributed by atoms with Crippen LogP contribution >= 0.6 is 11.6 Å². The van der Waals surface area contributed by atoms with Crippen molar-refractivity contribution < 1.29 is 0 Å². The molecule has 0 aliphatic carbocycles. The maximum Gasteiger partial charge on any atom is 0.178 e. The van der Waals surface area contributed by atoms with E-state index in [0.717, 1.165) is 51.0 Å². The van der Waals surface area contributed by atoms with Crippen molar-refractivity contribution in [1.29, 1.82) is 0 Å². The molecule has 2 N–H and O–H groups in total. The Kier molecular flexibility index (Phi) is 3.58. The number of anilines is 1. The van der Waals surface area contributed by atoms with E-state index in [1.165, 1.54) is 0 Å². The van der Waals surface area contributed by atoms with E-state index < -0.39 is 0 Å². The predicted octanol–water partition coefficient (Wildman–Crippen LogP) is 3.11. The van der Waals surface area contributed by atoms with E-state index in [4.69, 9.17) is 16.6 Å². The molecule has 0 fully saturated rings. The molecule has 5 nitrogen and oxygen atoms in total. The van der Waals surface area contributed by atoms with Crippen molar-refractivity contribution in [2.45, 2.75) is 20.3 Å². The van der Waals surface area contributed by atoms with E-state index >= 15 is 0 Å². The summed E-state index contributed by atoms with van der Waals surface area (Å²) < 4.78 is 0. The van der Waals surface area contributed by atoms with E-state index in [0.29, 0.717) is 5.02 Å². The number of H-pyrrole nitrogens is 1. The van der Waals surface area contributed by atoms with Crippen molar-refractivity contribution in [2.75, 3.05) is 5.32 Å². The second kappa shape index (κ2) is 5.76. The Morgan fingerprint density at radius 1 is 1.17 bits per heavy atom. The number of nitrogens with one attached hydrogen (secondary N) is 2. The lowest BCUT2D eigenvalue weighted by molar-refractivity contribution is 0.999. The molecule has 0 radical (unpaired) electrons. The highest BCUT2D eigenvalue weighted by molar-refractivity contribution is 6.33. The Bertz CT molecular complexity index is 1050. The predicted molar refractivity (Wildman–Crippen MR) is 95.9 cm³/mol. The van der Waals surface area contributed by atoms with Crippen LogP contribution in [0.2, 0.25) is 5.02 Å². The number of pyridine rings is 1. The average molecular weight is 338 g/mol. The number of rotatable bonds is 2. The first-order chi connectivity index (χ1) is 11.7. The zero-order chi connectivity index (χ0) is 16.7. The molecule has 0 unspecified atom stereocenters. The van der Waals surface area contributed by atoms with Crippen molar-refractivity contribution in [3.8, 4) is 11.1 Å². The Morgan fingerprint density at radius 3 is 2.79 bits per heavy atom. The van der Waals surface area contributed by atoms with Crippen molar-refractivity contribution in [3.05, 3.63) is 57.4 Å². The summed E-state index contributed by atoms with van der Waals surface area (Å²) in [4.78, 5) is 9.52. The molecular formula is C18H16ClN5. The number of nitrogens with zero attached hydrogens (tertiary/aromatic N) is 3. The van der Waals surface area contributed by atoms with Crippen LogP contribution in [0.1, 0.15) is 18.3 Å². The summed E-state index contributed by atoms with van der Waals surface area (Å²) in [5.41, 5.74) is 4.56. The minimum atomic E-state index is 0.683. The van der Waals surface area contributed by atoms with Gasteiger partial charge in [-0.2, -0.15) is 5.10 Å². The molecule has 0 amide bonds. The van der Waals surface area contributed by atoms with E-state index in [-0.39, 0.29) is 0 Å². The van der Waals surface area contributed by atoms with Gasteiger partial charge in [0.15, 0.2) is 5.82 Å². The summed E-state index contributed by atoms with van der Waals surface area (Å²) in [6.45, 7) is 4.04. The first-order valence-electron chi connectivity index (χ1n) is 7.82. The van der Waals surface area contributed by atoms with E-state index in [1.54, 1.807) is 0 Å². The summed E-state index contributed by atoms with van der Waals surface area (Å²) in [5, 5.41) is 13.0. The van der Waals surface area contributed by atoms with Gasteiger partial charge in [-0.25, -0.2) is 4.99 Å². The van der Waals surface area contributed by atoms with Gasteiger partial charge in [-0.05, 0) is 19.4 Å². The molecule has 4 rings (SSSR count). The van der Waals surface area contributed by atoms with Gasteiger partial charge in [0.1, 0.15) is 5.69 Å². The zero-order valence-corrected chi connectivity index (χ0v) is 14.1. The summed E-state index contributed by atoms with van der Waals surface area (Å²) in [7, 11) is 0. The third-order valence-corrected chi connectivity index (χ3v) is 4.49. The summed E-state index contributed by atoms with van der Waals surface area (Å²) in [6, 6.07) is 7.75. The smallest absolute Gasteiger partial charge is 0.178 e. The fourth-order valence-corrected chi connectivity index (χ4v) is 3.14. The minimum absolute atomic E-state index is 0.683. The molecule has 1 aliphatic rings. The van der Waals surface area contributed by atoms with Crippen LogP contribution in [0.4, 0.5) is 11.5 Å². The molecule has 0 saturated heterocycles. The monoisotopic (exact) mass is 337 g/mol. The quantitative estimate of drug-likeness (QED) is 0.755. The van der Waals surface area contributed by atoms with Crippen molar-refractivity contribution in [2.24, 2.45) is 4.99 Å². The molecule has 3 aromatic rings. The summed E-state index contributed by atoms with van der Waals surface area (Å²) in [5.74, 6) is 0.718. The molecule has 0 spiro atoms. The van der Waals surface area contributed by atoms with Crippen LogP contribution in [-0.4, -0.2) is 15.2 Å². The standard InChI is InChI=1S/C18H16ClN5/c1-3-15-13-9-21-18-16(10(2)23-24-18)22-17(13)12(8-20-15)11-6-4-5-7-14(11)19/h4-9H,3H2,1-2H3,(H2,21,23,24). The number of hydrogen-bond donors (Lipinski definition) is 2. The van der Waals surface area contributed by atoms with Gasteiger partial charge in [-0.3, -0.25) is 10.1 Å².